The van der Waals surface area contributed by atoms with Crippen LogP contribution in [0.2, 0.25) is 30.2 Å². The maximum Gasteiger partial charge on any atom is 0.293 e. The van der Waals surface area contributed by atoms with Gasteiger partial charge in [-0.1, -0.05) is 34.6 Å². The van der Waals surface area contributed by atoms with Crippen molar-refractivity contribution in [2.75, 3.05) is 0 Å². The van der Waals surface area contributed by atoms with E-state index >= 15 is 0 Å². The lowest BCUT2D eigenvalue weighted by molar-refractivity contribution is 0.531. The normalized spacial score (nSPS) is 13.0. The molecule has 7 radical (unpaired) electrons. The van der Waals surface area contributed by atoms with Crippen molar-refractivity contribution in [3.8, 4) is 0 Å². The molecule has 0 heterocycles. The first kappa shape index (κ1) is 19.4. The Morgan fingerprint density at radius 3 is 1.78 bits per heavy atom. The van der Waals surface area contributed by atoms with E-state index in [1.165, 1.54) is 30.2 Å². The van der Waals surface area contributed by atoms with Crippen molar-refractivity contribution >= 4 is 54.4 Å². The zero-order valence-corrected chi connectivity index (χ0v) is 18.1. The van der Waals surface area contributed by atoms with Crippen LogP contribution < -0.4 is 0 Å². The Hall–Kier alpha value is 1.35. The maximum atomic E-state index is 6.92. The van der Waals surface area contributed by atoms with Crippen LogP contribution in [-0.2, 0) is 8.23 Å². The van der Waals surface area contributed by atoms with Crippen molar-refractivity contribution in [2.45, 2.75) is 64.8 Å². The highest BCUT2D eigenvalue weighted by Gasteiger charge is 2.41. The summed E-state index contributed by atoms with van der Waals surface area (Å²) < 4.78 is 11.9. The van der Waals surface area contributed by atoms with E-state index in [4.69, 9.17) is 8.23 Å². The summed E-state index contributed by atoms with van der Waals surface area (Å²) in [6.45, 7) is 11.6. The molecule has 8 heteroatoms. The third kappa shape index (κ3) is 5.77. The van der Waals surface area contributed by atoms with Crippen LogP contribution in [0.3, 0.4) is 0 Å². The molecule has 0 aliphatic heterocycles. The quantitative estimate of drug-likeness (QED) is 0.420. The summed E-state index contributed by atoms with van der Waals surface area (Å²) in [7, 11) is 3.45. The lowest BCUT2D eigenvalue weighted by Gasteiger charge is -2.40. The molecule has 0 fully saturated rings. The summed E-state index contributed by atoms with van der Waals surface area (Å²) in [6.07, 6.45) is 0. The Morgan fingerprint density at radius 2 is 1.44 bits per heavy atom. The van der Waals surface area contributed by atoms with Crippen molar-refractivity contribution in [3.05, 3.63) is 0 Å². The lowest BCUT2D eigenvalue weighted by Crippen LogP contribution is -2.53. The predicted molar refractivity (Wildman–Crippen MR) is 90.9 cm³/mol. The first-order valence-electron chi connectivity index (χ1n) is 6.78. The minimum Gasteiger partial charge on any atom is -0.457 e. The van der Waals surface area contributed by atoms with Crippen LogP contribution in [0.5, 0.6) is 0 Å². The molecule has 0 aliphatic rings. The zero-order valence-electron chi connectivity index (χ0n) is 12.3. The van der Waals surface area contributed by atoms with Crippen LogP contribution >= 0.6 is 10.7 Å². The highest BCUT2D eigenvalue weighted by Crippen LogP contribution is 2.30. The van der Waals surface area contributed by atoms with Crippen LogP contribution in [0.15, 0.2) is 0 Å². The summed E-state index contributed by atoms with van der Waals surface area (Å²) in [5.41, 5.74) is 0. The van der Waals surface area contributed by atoms with E-state index in [1.54, 1.807) is 0 Å². The van der Waals surface area contributed by atoms with Crippen LogP contribution in [0.25, 0.3) is 0 Å². The molecular formula is C10H25O2SSi5. The molecule has 0 atom stereocenters. The van der Waals surface area contributed by atoms with E-state index in [2.05, 4.69) is 45.1 Å². The average molecular weight is 350 g/mol. The van der Waals surface area contributed by atoms with Gasteiger partial charge in [-0.05, 0) is 30.2 Å². The fourth-order valence-electron chi connectivity index (χ4n) is 2.08. The molecule has 103 valence electrons. The van der Waals surface area contributed by atoms with E-state index in [1.807, 2.05) is 10.7 Å². The molecule has 0 N–H and O–H groups in total. The van der Waals surface area contributed by atoms with Gasteiger partial charge in [0.15, 0.2) is 16.2 Å². The van der Waals surface area contributed by atoms with Gasteiger partial charge in [0.2, 0.25) is 10.5 Å². The Kier molecular flexibility index (Phi) is 10.9. The Balaban J connectivity index is 4.75. The molecule has 0 rings (SSSR count). The van der Waals surface area contributed by atoms with E-state index < -0.39 is 16.2 Å². The number of hydrogen-bond donors (Lipinski definition) is 0. The monoisotopic (exact) mass is 349 g/mol. The van der Waals surface area contributed by atoms with Gasteiger partial charge in [-0.15, -0.1) is 0 Å². The molecule has 18 heavy (non-hydrogen) atoms. The fourth-order valence-corrected chi connectivity index (χ4v) is 28.4. The Morgan fingerprint density at radius 1 is 0.944 bits per heavy atom. The minimum atomic E-state index is -1.52. The van der Waals surface area contributed by atoms with Crippen molar-refractivity contribution in [1.29, 1.82) is 0 Å². The molecule has 0 spiro atoms. The van der Waals surface area contributed by atoms with Crippen molar-refractivity contribution in [2.24, 2.45) is 0 Å². The zero-order chi connectivity index (χ0) is 14.1. The molecular weight excluding hydrogens is 325 g/mol. The van der Waals surface area contributed by atoms with Gasteiger partial charge in [0.1, 0.15) is 8.19 Å². The first-order chi connectivity index (χ1) is 8.57. The van der Waals surface area contributed by atoms with Gasteiger partial charge in [0.25, 0.3) is 8.91 Å². The summed E-state index contributed by atoms with van der Waals surface area (Å²) in [5, 5.41) is 0. The van der Waals surface area contributed by atoms with Crippen LogP contribution in [-0.4, -0.2) is 43.7 Å². The van der Waals surface area contributed by atoms with Gasteiger partial charge in [-0.2, -0.15) is 10.7 Å². The van der Waals surface area contributed by atoms with Gasteiger partial charge >= 0.3 is 0 Å². The third-order valence-corrected chi connectivity index (χ3v) is 27.4. The molecule has 0 saturated carbocycles. The van der Waals surface area contributed by atoms with Gasteiger partial charge in [-0.25, -0.2) is 0 Å². The van der Waals surface area contributed by atoms with E-state index in [0.29, 0.717) is 8.91 Å². The molecule has 0 amide bonds. The SMILES string of the molecule is CC[Si](CC)(CC)O[Si](CC)(CC)[Si]S[Si]O[Si]. The summed E-state index contributed by atoms with van der Waals surface area (Å²) >= 11 is 0. The van der Waals surface area contributed by atoms with Crippen LogP contribution in [0.4, 0.5) is 0 Å². The fraction of sp³-hybridized carbons (Fsp3) is 1.00. The van der Waals surface area contributed by atoms with Gasteiger partial charge in [-0.3, -0.25) is 0 Å². The Labute approximate surface area is 127 Å². The van der Waals surface area contributed by atoms with Gasteiger partial charge in [0.05, 0.1) is 0 Å². The molecule has 2 nitrogen and oxygen atoms in total. The van der Waals surface area contributed by atoms with E-state index in [-0.39, 0.29) is 0 Å². The second-order valence-electron chi connectivity index (χ2n) is 4.44. The largest absolute Gasteiger partial charge is 0.457 e. The number of hydrogen-bond acceptors (Lipinski definition) is 3. The van der Waals surface area contributed by atoms with Crippen molar-refractivity contribution in [1.82, 2.24) is 0 Å². The predicted octanol–water partition coefficient (Wildman–Crippen LogP) is 3.48. The molecule has 0 aromatic carbocycles. The average Bonchev–Trinajstić information content (AvgIpc) is 2.44. The molecule has 0 saturated heterocycles. The molecule has 0 unspecified atom stereocenters. The standard InChI is InChI=1S/C10H25O2SSi5/c1-6-17(7-2,8-3)12-18(9-4,10-5)16-13-15-11-14/h6-10H2,1-5H3. The van der Waals surface area contributed by atoms with E-state index in [9.17, 15) is 0 Å². The molecule has 0 bridgehead atoms. The summed E-state index contributed by atoms with van der Waals surface area (Å²) in [4.78, 5) is 0. The maximum absolute atomic E-state index is 6.92. The van der Waals surface area contributed by atoms with Crippen LogP contribution in [0.1, 0.15) is 34.6 Å². The summed E-state index contributed by atoms with van der Waals surface area (Å²) in [5.74, 6) is 0. The summed E-state index contributed by atoms with van der Waals surface area (Å²) in [6, 6.07) is 6.29. The second kappa shape index (κ2) is 10.1. The highest BCUT2D eigenvalue weighted by atomic mass is 32.5. The van der Waals surface area contributed by atoms with E-state index in [0.717, 1.165) is 8.19 Å². The van der Waals surface area contributed by atoms with Gasteiger partial charge in [0, 0.05) is 0 Å². The van der Waals surface area contributed by atoms with Crippen LogP contribution in [0, 0.1) is 0 Å². The smallest absolute Gasteiger partial charge is 0.293 e. The second-order valence-corrected chi connectivity index (χ2v) is 22.7. The molecule has 0 aliphatic carbocycles. The third-order valence-electron chi connectivity index (χ3n) is 3.81. The van der Waals surface area contributed by atoms with Gasteiger partial charge < -0.3 is 8.23 Å². The highest BCUT2D eigenvalue weighted by molar-refractivity contribution is 8.44. The minimum absolute atomic E-state index is 0.496. The Bertz CT molecular complexity index is 204. The topological polar surface area (TPSA) is 18.5 Å². The first-order valence-corrected chi connectivity index (χ1v) is 17.2. The van der Waals surface area contributed by atoms with Crippen molar-refractivity contribution in [3.63, 3.8) is 0 Å². The lowest BCUT2D eigenvalue weighted by atomic mass is 10.9. The number of rotatable bonds is 11. The molecule has 0 aromatic rings. The molecule has 0 aromatic heterocycles. The van der Waals surface area contributed by atoms with Crippen molar-refractivity contribution < 1.29 is 8.23 Å².